The number of carbonyl (C=O) groups is 1. The third-order valence-electron chi connectivity index (χ3n) is 4.51. The first-order valence-electron chi connectivity index (χ1n) is 7.69. The number of hydrogen-bond donors (Lipinski definition) is 1. The van der Waals surface area contributed by atoms with Gasteiger partial charge in [0, 0.05) is 31.0 Å². The third kappa shape index (κ3) is 2.90. The zero-order valence-corrected chi connectivity index (χ0v) is 13.2. The van der Waals surface area contributed by atoms with Gasteiger partial charge < -0.3 is 14.8 Å². The van der Waals surface area contributed by atoms with Gasteiger partial charge in [-0.3, -0.25) is 4.79 Å². The van der Waals surface area contributed by atoms with E-state index in [1.807, 2.05) is 18.0 Å². The molecule has 2 rings (SSSR count). The van der Waals surface area contributed by atoms with Crippen LogP contribution in [0.2, 0.25) is 0 Å². The summed E-state index contributed by atoms with van der Waals surface area (Å²) in [6.07, 6.45) is 2.22. The fourth-order valence-electron chi connectivity index (χ4n) is 3.30. The number of likely N-dealkylation sites (tertiary alicyclic amines) is 1. The number of aryl methyl sites for hydroxylation is 1. The van der Waals surface area contributed by atoms with Crippen molar-refractivity contribution in [3.05, 3.63) is 23.0 Å². The van der Waals surface area contributed by atoms with Crippen LogP contribution < -0.4 is 5.32 Å². The Kier molecular flexibility index (Phi) is 4.86. The van der Waals surface area contributed by atoms with Crippen LogP contribution in [-0.4, -0.2) is 42.1 Å². The van der Waals surface area contributed by atoms with E-state index in [0.717, 1.165) is 50.3 Å². The minimum atomic E-state index is 0.209. The van der Waals surface area contributed by atoms with Crippen molar-refractivity contribution in [3.63, 3.8) is 0 Å². The lowest BCUT2D eigenvalue weighted by Gasteiger charge is -2.32. The van der Waals surface area contributed by atoms with Crippen LogP contribution in [0.25, 0.3) is 0 Å². The molecule has 4 heteroatoms. The molecule has 0 unspecified atom stereocenters. The molecule has 0 aromatic carbocycles. The maximum absolute atomic E-state index is 12.7. The number of amides is 1. The molecular weight excluding hydrogens is 250 g/mol. The van der Waals surface area contributed by atoms with E-state index in [1.165, 1.54) is 5.69 Å². The van der Waals surface area contributed by atoms with E-state index in [4.69, 9.17) is 0 Å². The van der Waals surface area contributed by atoms with Gasteiger partial charge in [-0.2, -0.15) is 0 Å². The Balaban J connectivity index is 2.06. The lowest BCUT2D eigenvalue weighted by atomic mass is 9.96. The van der Waals surface area contributed by atoms with E-state index < -0.39 is 0 Å². The molecule has 2 heterocycles. The average molecular weight is 277 g/mol. The van der Waals surface area contributed by atoms with Gasteiger partial charge >= 0.3 is 0 Å². The Bertz CT molecular complexity index is 470. The molecule has 1 aliphatic rings. The maximum atomic E-state index is 12.7. The normalized spacial score (nSPS) is 16.7. The van der Waals surface area contributed by atoms with Crippen molar-refractivity contribution in [3.8, 4) is 0 Å². The zero-order valence-electron chi connectivity index (χ0n) is 13.2. The standard InChI is InChI=1S/C16H27N3O/c1-5-19-12(2)10-15(13(19)3)16(20)18-8-6-14(7-9-18)11-17-4/h10,14,17H,5-9,11H2,1-4H3. The molecule has 1 aromatic heterocycles. The van der Waals surface area contributed by atoms with E-state index >= 15 is 0 Å². The van der Waals surface area contributed by atoms with Gasteiger partial charge in [0.2, 0.25) is 0 Å². The van der Waals surface area contributed by atoms with Gasteiger partial charge in [0.15, 0.2) is 0 Å². The molecule has 0 aliphatic carbocycles. The second-order valence-corrected chi connectivity index (χ2v) is 5.82. The van der Waals surface area contributed by atoms with E-state index in [2.05, 4.69) is 30.7 Å². The minimum Gasteiger partial charge on any atom is -0.349 e. The van der Waals surface area contributed by atoms with Crippen LogP contribution in [0.15, 0.2) is 6.07 Å². The van der Waals surface area contributed by atoms with Gasteiger partial charge in [-0.25, -0.2) is 0 Å². The highest BCUT2D eigenvalue weighted by molar-refractivity contribution is 5.95. The summed E-state index contributed by atoms with van der Waals surface area (Å²) in [7, 11) is 2.00. The molecule has 1 aromatic rings. The van der Waals surface area contributed by atoms with Crippen LogP contribution in [0.5, 0.6) is 0 Å². The number of nitrogens with zero attached hydrogens (tertiary/aromatic N) is 2. The summed E-state index contributed by atoms with van der Waals surface area (Å²) in [5.41, 5.74) is 3.17. The van der Waals surface area contributed by atoms with Gasteiger partial charge in [-0.15, -0.1) is 0 Å². The van der Waals surface area contributed by atoms with Crippen molar-refractivity contribution in [1.82, 2.24) is 14.8 Å². The quantitative estimate of drug-likeness (QED) is 0.916. The Morgan fingerprint density at radius 1 is 1.35 bits per heavy atom. The molecule has 1 amide bonds. The minimum absolute atomic E-state index is 0.209. The van der Waals surface area contributed by atoms with E-state index in [-0.39, 0.29) is 5.91 Å². The molecule has 1 fully saturated rings. The summed E-state index contributed by atoms with van der Waals surface area (Å²) in [6, 6.07) is 2.04. The Labute approximate surface area is 122 Å². The molecule has 0 bridgehead atoms. The van der Waals surface area contributed by atoms with Crippen molar-refractivity contribution >= 4 is 5.91 Å². The Morgan fingerprint density at radius 3 is 2.50 bits per heavy atom. The van der Waals surface area contributed by atoms with Crippen LogP contribution in [0.3, 0.4) is 0 Å². The molecular formula is C16H27N3O. The van der Waals surface area contributed by atoms with Crippen molar-refractivity contribution in [2.45, 2.75) is 40.2 Å². The number of rotatable bonds is 4. The Morgan fingerprint density at radius 2 is 2.00 bits per heavy atom. The molecule has 0 saturated carbocycles. The third-order valence-corrected chi connectivity index (χ3v) is 4.51. The van der Waals surface area contributed by atoms with Crippen molar-refractivity contribution in [1.29, 1.82) is 0 Å². The van der Waals surface area contributed by atoms with Gasteiger partial charge in [0.25, 0.3) is 5.91 Å². The highest BCUT2D eigenvalue weighted by Gasteiger charge is 2.25. The van der Waals surface area contributed by atoms with Crippen LogP contribution in [0, 0.1) is 19.8 Å². The predicted molar refractivity (Wildman–Crippen MR) is 82.1 cm³/mol. The molecule has 112 valence electrons. The second-order valence-electron chi connectivity index (χ2n) is 5.82. The summed E-state index contributed by atoms with van der Waals surface area (Å²) >= 11 is 0. The summed E-state index contributed by atoms with van der Waals surface area (Å²) in [5, 5.41) is 3.23. The van der Waals surface area contributed by atoms with Crippen LogP contribution in [0.4, 0.5) is 0 Å². The lowest BCUT2D eigenvalue weighted by Crippen LogP contribution is -2.40. The Hall–Kier alpha value is -1.29. The van der Waals surface area contributed by atoms with Crippen LogP contribution in [-0.2, 0) is 6.54 Å². The highest BCUT2D eigenvalue weighted by Crippen LogP contribution is 2.21. The van der Waals surface area contributed by atoms with Crippen molar-refractivity contribution in [2.75, 3.05) is 26.7 Å². The molecule has 1 N–H and O–H groups in total. The largest absolute Gasteiger partial charge is 0.349 e. The lowest BCUT2D eigenvalue weighted by molar-refractivity contribution is 0.0690. The molecule has 0 atom stereocenters. The van der Waals surface area contributed by atoms with Crippen molar-refractivity contribution in [2.24, 2.45) is 5.92 Å². The number of aromatic nitrogens is 1. The average Bonchev–Trinajstić information content (AvgIpc) is 2.74. The molecule has 0 spiro atoms. The fraction of sp³-hybridized carbons (Fsp3) is 0.688. The topological polar surface area (TPSA) is 37.3 Å². The van der Waals surface area contributed by atoms with E-state index in [1.54, 1.807) is 0 Å². The van der Waals surface area contributed by atoms with Crippen LogP contribution >= 0.6 is 0 Å². The zero-order chi connectivity index (χ0) is 14.7. The maximum Gasteiger partial charge on any atom is 0.255 e. The molecule has 0 radical (unpaired) electrons. The number of hydrogen-bond acceptors (Lipinski definition) is 2. The first-order valence-corrected chi connectivity index (χ1v) is 7.69. The van der Waals surface area contributed by atoms with Crippen LogP contribution in [0.1, 0.15) is 41.5 Å². The monoisotopic (exact) mass is 277 g/mol. The SMILES string of the molecule is CCn1c(C)cc(C(=O)N2CCC(CNC)CC2)c1C. The van der Waals surface area contributed by atoms with Gasteiger partial charge in [-0.1, -0.05) is 0 Å². The van der Waals surface area contributed by atoms with E-state index in [9.17, 15) is 4.79 Å². The fourth-order valence-corrected chi connectivity index (χ4v) is 3.30. The summed E-state index contributed by atoms with van der Waals surface area (Å²) in [5.74, 6) is 0.924. The van der Waals surface area contributed by atoms with Gasteiger partial charge in [-0.05, 0) is 59.2 Å². The van der Waals surface area contributed by atoms with Gasteiger partial charge in [0.05, 0.1) is 5.56 Å². The second kappa shape index (κ2) is 6.44. The van der Waals surface area contributed by atoms with Gasteiger partial charge in [0.1, 0.15) is 0 Å². The number of carbonyl (C=O) groups excluding carboxylic acids is 1. The highest BCUT2D eigenvalue weighted by atomic mass is 16.2. The smallest absolute Gasteiger partial charge is 0.255 e. The van der Waals surface area contributed by atoms with E-state index in [0.29, 0.717) is 5.92 Å². The summed E-state index contributed by atoms with van der Waals surface area (Å²) in [6.45, 7) is 10.0. The first-order chi connectivity index (χ1) is 9.58. The molecule has 1 saturated heterocycles. The molecule has 4 nitrogen and oxygen atoms in total. The molecule has 1 aliphatic heterocycles. The van der Waals surface area contributed by atoms with Crippen molar-refractivity contribution < 1.29 is 4.79 Å². The number of piperidine rings is 1. The first kappa shape index (κ1) is 15.1. The number of nitrogens with one attached hydrogen (secondary N) is 1. The summed E-state index contributed by atoms with van der Waals surface area (Å²) in [4.78, 5) is 14.7. The summed E-state index contributed by atoms with van der Waals surface area (Å²) < 4.78 is 2.21. The molecule has 20 heavy (non-hydrogen) atoms. The predicted octanol–water partition coefficient (Wildman–Crippen LogP) is 2.20.